The van der Waals surface area contributed by atoms with Gasteiger partial charge in [0, 0.05) is 29.8 Å². The lowest BCUT2D eigenvalue weighted by Gasteiger charge is -2.24. The van der Waals surface area contributed by atoms with Crippen molar-refractivity contribution in [2.75, 3.05) is 0 Å². The van der Waals surface area contributed by atoms with Crippen LogP contribution in [-0.4, -0.2) is 15.9 Å². The fraction of sp³-hybridized carbons (Fsp3) is 0.171. The van der Waals surface area contributed by atoms with Gasteiger partial charge < -0.3 is 5.73 Å². The summed E-state index contributed by atoms with van der Waals surface area (Å²) in [7, 11) is 0. The van der Waals surface area contributed by atoms with Gasteiger partial charge in [-0.25, -0.2) is 0 Å². The first-order valence-electron chi connectivity index (χ1n) is 14.0. The highest BCUT2D eigenvalue weighted by molar-refractivity contribution is 5.94. The first-order valence-corrected chi connectivity index (χ1v) is 14.0. The first-order chi connectivity index (χ1) is 21.4. The minimum Gasteiger partial charge on any atom is -0.366 e. The Balaban J connectivity index is 1.60. The molecule has 5 aromatic rings. The van der Waals surface area contributed by atoms with E-state index in [2.05, 4.69) is 9.97 Å². The van der Waals surface area contributed by atoms with Gasteiger partial charge in [-0.05, 0) is 64.4 Å². The van der Waals surface area contributed by atoms with E-state index in [9.17, 15) is 31.1 Å². The number of rotatable bonds is 9. The molecule has 0 radical (unpaired) electrons. The molecule has 0 aliphatic carbocycles. The molecular weight excluding hydrogens is 592 g/mol. The SMILES string of the molecule is NC(=O)c1cccc(CC(c2ccccc2)c2ccc(C(F)(F)F)nc2)c1CC(c1ccccc1)c1ccc(C(F)(F)F)nc1. The molecule has 0 bridgehead atoms. The Labute approximate surface area is 255 Å². The van der Waals surface area contributed by atoms with Crippen molar-refractivity contribution < 1.29 is 31.1 Å². The summed E-state index contributed by atoms with van der Waals surface area (Å²) in [5, 5.41) is 0. The molecule has 45 heavy (non-hydrogen) atoms. The van der Waals surface area contributed by atoms with Crippen LogP contribution in [0.5, 0.6) is 0 Å². The van der Waals surface area contributed by atoms with Crippen LogP contribution in [0.15, 0.2) is 116 Å². The molecule has 0 saturated carbocycles. The standard InChI is InChI=1S/C35H27F6N3O/c36-34(37,38)31-16-14-25(20-43-31)28(22-8-3-1-4-9-22)18-24-12-7-13-27(33(42)45)30(24)19-29(23-10-5-2-6-11-23)26-15-17-32(44-21-26)35(39,40)41/h1-17,20-21,28-29H,18-19H2,(H2,42,45). The van der Waals surface area contributed by atoms with Crippen LogP contribution >= 0.6 is 0 Å². The molecule has 3 aromatic carbocycles. The third kappa shape index (κ3) is 7.39. The number of amides is 1. The van der Waals surface area contributed by atoms with Gasteiger partial charge in [-0.3, -0.25) is 14.8 Å². The lowest BCUT2D eigenvalue weighted by atomic mass is 9.80. The maximum atomic E-state index is 13.3. The van der Waals surface area contributed by atoms with Gasteiger partial charge in [0.05, 0.1) is 0 Å². The van der Waals surface area contributed by atoms with Crippen LogP contribution in [-0.2, 0) is 25.2 Å². The zero-order valence-electron chi connectivity index (χ0n) is 23.7. The molecule has 230 valence electrons. The van der Waals surface area contributed by atoms with Gasteiger partial charge in [-0.2, -0.15) is 26.3 Å². The van der Waals surface area contributed by atoms with Gasteiger partial charge in [-0.15, -0.1) is 0 Å². The Hall–Kier alpha value is -4.99. The molecule has 5 rings (SSSR count). The number of halogens is 6. The zero-order chi connectivity index (χ0) is 32.2. The Morgan fingerprint density at radius 3 is 1.44 bits per heavy atom. The van der Waals surface area contributed by atoms with Crippen molar-refractivity contribution >= 4 is 5.91 Å². The molecule has 0 spiro atoms. The van der Waals surface area contributed by atoms with E-state index in [0.717, 1.165) is 23.3 Å². The second-order valence-electron chi connectivity index (χ2n) is 10.6. The van der Waals surface area contributed by atoms with E-state index in [1.807, 2.05) is 66.7 Å². The topological polar surface area (TPSA) is 68.9 Å². The summed E-state index contributed by atoms with van der Waals surface area (Å²) in [5.74, 6) is -1.62. The average molecular weight is 620 g/mol. The number of primary amides is 1. The number of carbonyl (C=O) groups is 1. The molecular formula is C35H27F6N3O. The van der Waals surface area contributed by atoms with Gasteiger partial charge in [0.15, 0.2) is 0 Å². The van der Waals surface area contributed by atoms with Crippen LogP contribution in [0.1, 0.15) is 67.0 Å². The van der Waals surface area contributed by atoms with Crippen molar-refractivity contribution in [2.45, 2.75) is 37.0 Å². The minimum atomic E-state index is -4.61. The quantitative estimate of drug-likeness (QED) is 0.169. The molecule has 2 unspecified atom stereocenters. The Kier molecular flexibility index (Phi) is 9.04. The summed E-state index contributed by atoms with van der Waals surface area (Å²) in [5.41, 5.74) is 7.98. The second kappa shape index (κ2) is 12.9. The zero-order valence-corrected chi connectivity index (χ0v) is 23.7. The largest absolute Gasteiger partial charge is 0.433 e. The number of carbonyl (C=O) groups excluding carboxylic acids is 1. The van der Waals surface area contributed by atoms with Gasteiger partial charge in [0.25, 0.3) is 0 Å². The summed E-state index contributed by atoms with van der Waals surface area (Å²) >= 11 is 0. The molecule has 2 atom stereocenters. The van der Waals surface area contributed by atoms with E-state index >= 15 is 0 Å². The highest BCUT2D eigenvalue weighted by atomic mass is 19.4. The lowest BCUT2D eigenvalue weighted by molar-refractivity contribution is -0.142. The number of hydrogen-bond donors (Lipinski definition) is 1. The molecule has 0 aliphatic heterocycles. The average Bonchev–Trinajstić information content (AvgIpc) is 3.03. The summed E-state index contributed by atoms with van der Waals surface area (Å²) in [6.45, 7) is 0. The van der Waals surface area contributed by atoms with Crippen molar-refractivity contribution in [1.29, 1.82) is 0 Å². The lowest BCUT2D eigenvalue weighted by Crippen LogP contribution is -2.19. The number of nitrogens with zero attached hydrogens (tertiary/aromatic N) is 2. The molecule has 0 fully saturated rings. The Morgan fingerprint density at radius 1 is 0.578 bits per heavy atom. The third-order valence-corrected chi connectivity index (χ3v) is 7.73. The predicted octanol–water partition coefficient (Wildman–Crippen LogP) is 8.36. The van der Waals surface area contributed by atoms with Crippen LogP contribution in [0.3, 0.4) is 0 Å². The van der Waals surface area contributed by atoms with Gasteiger partial charge in [0.2, 0.25) is 5.91 Å². The van der Waals surface area contributed by atoms with Crippen molar-refractivity contribution in [3.8, 4) is 0 Å². The molecule has 2 N–H and O–H groups in total. The van der Waals surface area contributed by atoms with Gasteiger partial charge in [0.1, 0.15) is 11.4 Å². The summed E-state index contributed by atoms with van der Waals surface area (Å²) in [6, 6.07) is 28.0. The Bertz CT molecular complexity index is 1740. The number of aromatic nitrogens is 2. The van der Waals surface area contributed by atoms with Crippen LogP contribution in [0, 0.1) is 0 Å². The normalized spacial score (nSPS) is 13.3. The smallest absolute Gasteiger partial charge is 0.366 e. The van der Waals surface area contributed by atoms with Crippen LogP contribution in [0.25, 0.3) is 0 Å². The van der Waals surface area contributed by atoms with Crippen molar-refractivity contribution in [3.63, 3.8) is 0 Å². The fourth-order valence-corrected chi connectivity index (χ4v) is 5.51. The molecule has 0 saturated heterocycles. The number of hydrogen-bond acceptors (Lipinski definition) is 3. The minimum absolute atomic E-state index is 0.193. The number of benzene rings is 3. The maximum Gasteiger partial charge on any atom is 0.433 e. The molecule has 10 heteroatoms. The maximum absolute atomic E-state index is 13.3. The predicted molar refractivity (Wildman–Crippen MR) is 157 cm³/mol. The number of alkyl halides is 6. The van der Waals surface area contributed by atoms with Crippen LogP contribution in [0.2, 0.25) is 0 Å². The summed E-state index contributed by atoms with van der Waals surface area (Å²) in [6.07, 6.45) is -6.33. The van der Waals surface area contributed by atoms with Gasteiger partial charge in [-0.1, -0.05) is 84.9 Å². The molecule has 2 aromatic heterocycles. The van der Waals surface area contributed by atoms with E-state index in [1.165, 1.54) is 24.5 Å². The van der Waals surface area contributed by atoms with Gasteiger partial charge >= 0.3 is 12.4 Å². The Morgan fingerprint density at radius 2 is 1.04 bits per heavy atom. The monoisotopic (exact) mass is 619 g/mol. The summed E-state index contributed by atoms with van der Waals surface area (Å²) < 4.78 is 79.7. The highest BCUT2D eigenvalue weighted by Gasteiger charge is 2.34. The van der Waals surface area contributed by atoms with Crippen LogP contribution < -0.4 is 5.73 Å². The van der Waals surface area contributed by atoms with E-state index in [-0.39, 0.29) is 18.4 Å². The van der Waals surface area contributed by atoms with E-state index in [4.69, 9.17) is 5.73 Å². The third-order valence-electron chi connectivity index (χ3n) is 7.73. The molecule has 1 amide bonds. The van der Waals surface area contributed by atoms with E-state index in [1.54, 1.807) is 12.1 Å². The van der Waals surface area contributed by atoms with E-state index < -0.39 is 41.5 Å². The van der Waals surface area contributed by atoms with Crippen LogP contribution in [0.4, 0.5) is 26.3 Å². The van der Waals surface area contributed by atoms with Crippen molar-refractivity contribution in [1.82, 2.24) is 9.97 Å². The molecule has 0 aliphatic rings. The second-order valence-corrected chi connectivity index (χ2v) is 10.6. The number of pyridine rings is 2. The van der Waals surface area contributed by atoms with Crippen molar-refractivity contribution in [3.05, 3.63) is 166 Å². The van der Waals surface area contributed by atoms with Crippen molar-refractivity contribution in [2.24, 2.45) is 5.73 Å². The molecule has 4 nitrogen and oxygen atoms in total. The summed E-state index contributed by atoms with van der Waals surface area (Å²) in [4.78, 5) is 20.0. The first kappa shape index (κ1) is 31.4. The highest BCUT2D eigenvalue weighted by Crippen LogP contribution is 2.36. The number of nitrogens with two attached hydrogens (primary N) is 1. The molecule has 2 heterocycles. The van der Waals surface area contributed by atoms with E-state index in [0.29, 0.717) is 22.3 Å². The fourth-order valence-electron chi connectivity index (χ4n) is 5.51.